The minimum atomic E-state index is -0.535. The smallest absolute Gasteiger partial charge is 0.410 e. The minimum Gasteiger partial charge on any atom is -0.444 e. The summed E-state index contributed by atoms with van der Waals surface area (Å²) in [6.07, 6.45) is 9.24. The Balaban J connectivity index is 1.41. The fraction of sp³-hybridized carbons (Fsp3) is 0.562. The molecule has 2 aliphatic heterocycles. The molecule has 234 valence electrons. The molecule has 3 aliphatic rings. The van der Waals surface area contributed by atoms with Gasteiger partial charge in [-0.2, -0.15) is 5.26 Å². The zero-order chi connectivity index (χ0) is 31.6. The summed E-state index contributed by atoms with van der Waals surface area (Å²) in [5.74, 6) is 1.39. The number of anilines is 1. The molecule has 1 saturated heterocycles. The molecule has 0 unspecified atom stereocenters. The molecule has 10 nitrogen and oxygen atoms in total. The van der Waals surface area contributed by atoms with Gasteiger partial charge in [-0.1, -0.05) is 6.92 Å². The van der Waals surface area contributed by atoms with Gasteiger partial charge in [0.15, 0.2) is 0 Å². The van der Waals surface area contributed by atoms with Crippen molar-refractivity contribution in [3.63, 3.8) is 0 Å². The van der Waals surface area contributed by atoms with Crippen LogP contribution < -0.4 is 4.90 Å². The number of aromatic nitrogens is 2. The number of aryl methyl sites for hydroxylation is 1. The van der Waals surface area contributed by atoms with Crippen molar-refractivity contribution in [1.29, 1.82) is 5.26 Å². The number of ether oxygens (including phenoxy) is 1. The number of carbonyl (C=O) groups excluding carboxylic acids is 1. The van der Waals surface area contributed by atoms with Crippen LogP contribution in [0, 0.1) is 11.3 Å². The summed E-state index contributed by atoms with van der Waals surface area (Å²) in [4.78, 5) is 34.2. The number of allylic oxidation sites excluding steroid dienone is 1. The summed E-state index contributed by atoms with van der Waals surface area (Å²) < 4.78 is 10.4. The van der Waals surface area contributed by atoms with Crippen LogP contribution in [0.15, 0.2) is 33.3 Å². The highest BCUT2D eigenvalue weighted by Gasteiger charge is 2.41. The third kappa shape index (κ3) is 6.79. The monoisotopic (exact) mass is 634 g/mol. The average Bonchev–Trinajstić information content (AvgIpc) is 3.24. The first-order valence-electron chi connectivity index (χ1n) is 15.2. The quantitative estimate of drug-likeness (QED) is 0.219. The summed E-state index contributed by atoms with van der Waals surface area (Å²) in [5, 5.41) is 11.0. The molecule has 44 heavy (non-hydrogen) atoms. The maximum Gasteiger partial charge on any atom is 0.410 e. The largest absolute Gasteiger partial charge is 0.444 e. The van der Waals surface area contributed by atoms with Crippen molar-refractivity contribution < 1.29 is 9.53 Å². The summed E-state index contributed by atoms with van der Waals surface area (Å²) in [6.45, 7) is 11.9. The molecule has 0 spiro atoms. The first-order valence-corrected chi connectivity index (χ1v) is 16.9. The van der Waals surface area contributed by atoms with Crippen LogP contribution in [-0.2, 0) is 16.6 Å². The number of nitrogens with zero attached hydrogens (tertiary/aromatic N) is 8. The zero-order valence-corrected chi connectivity index (χ0v) is 28.4. The second kappa shape index (κ2) is 12.9. The van der Waals surface area contributed by atoms with Gasteiger partial charge in [-0.3, -0.25) is 0 Å². The molecule has 1 aliphatic carbocycles. The number of aliphatic imine (C=N–C) groups is 1. The number of amides is 1. The molecule has 12 heteroatoms. The molecule has 0 saturated carbocycles. The Hall–Kier alpha value is -3.43. The molecule has 0 bridgehead atoms. The number of thiophene rings is 1. The van der Waals surface area contributed by atoms with Crippen molar-refractivity contribution in [3.05, 3.63) is 45.6 Å². The van der Waals surface area contributed by atoms with Gasteiger partial charge < -0.3 is 19.4 Å². The third-order valence-electron chi connectivity index (χ3n) is 8.17. The van der Waals surface area contributed by atoms with Gasteiger partial charge in [-0.25, -0.2) is 24.2 Å². The summed E-state index contributed by atoms with van der Waals surface area (Å²) in [7, 11) is 3.87. The van der Waals surface area contributed by atoms with Crippen molar-refractivity contribution in [2.75, 3.05) is 44.4 Å². The van der Waals surface area contributed by atoms with Crippen LogP contribution in [0.5, 0.6) is 0 Å². The Morgan fingerprint density at radius 2 is 2.09 bits per heavy atom. The van der Waals surface area contributed by atoms with E-state index in [9.17, 15) is 10.1 Å². The van der Waals surface area contributed by atoms with E-state index in [1.165, 1.54) is 22.4 Å². The Labute approximate surface area is 269 Å². The maximum absolute atomic E-state index is 12.8. The number of carbonyl (C=O) groups is 1. The number of nitriles is 1. The third-order valence-corrected chi connectivity index (χ3v) is 10.1. The summed E-state index contributed by atoms with van der Waals surface area (Å²) in [5.41, 5.74) is 3.84. The highest BCUT2D eigenvalue weighted by molar-refractivity contribution is 7.98. The Bertz CT molecular complexity index is 1530. The normalized spacial score (nSPS) is 22.5. The van der Waals surface area contributed by atoms with E-state index in [0.717, 1.165) is 60.0 Å². The van der Waals surface area contributed by atoms with E-state index in [4.69, 9.17) is 14.1 Å². The second-order valence-corrected chi connectivity index (χ2v) is 14.9. The fourth-order valence-corrected chi connectivity index (χ4v) is 8.21. The minimum absolute atomic E-state index is 0.0148. The Kier molecular flexibility index (Phi) is 9.37. The van der Waals surface area contributed by atoms with E-state index in [2.05, 4.69) is 40.9 Å². The molecule has 0 radical (unpaired) electrons. The van der Waals surface area contributed by atoms with Crippen molar-refractivity contribution in [1.82, 2.24) is 19.8 Å². The lowest BCUT2D eigenvalue weighted by Gasteiger charge is -2.37. The van der Waals surface area contributed by atoms with Crippen LogP contribution in [0.1, 0.15) is 75.6 Å². The number of hydrogen-bond donors (Lipinski definition) is 0. The molecule has 2 atom stereocenters. The van der Waals surface area contributed by atoms with Crippen LogP contribution in [0.3, 0.4) is 0 Å². The lowest BCUT2D eigenvalue weighted by Crippen LogP contribution is -2.43. The van der Waals surface area contributed by atoms with Gasteiger partial charge in [0.25, 0.3) is 0 Å². The van der Waals surface area contributed by atoms with E-state index in [1.807, 2.05) is 45.8 Å². The highest BCUT2D eigenvalue weighted by atomic mass is 32.2. The van der Waals surface area contributed by atoms with E-state index in [-0.39, 0.29) is 17.6 Å². The zero-order valence-electron chi connectivity index (χ0n) is 26.8. The predicted octanol–water partition coefficient (Wildman–Crippen LogP) is 6.14. The summed E-state index contributed by atoms with van der Waals surface area (Å²) in [6, 6.07) is 4.42. The number of hydrogen-bond acceptors (Lipinski definition) is 10. The maximum atomic E-state index is 12.8. The van der Waals surface area contributed by atoms with Gasteiger partial charge in [0.2, 0.25) is 5.95 Å². The predicted molar refractivity (Wildman–Crippen MR) is 180 cm³/mol. The van der Waals surface area contributed by atoms with Gasteiger partial charge in [0, 0.05) is 62.0 Å². The van der Waals surface area contributed by atoms with Gasteiger partial charge in [0.05, 0.1) is 23.3 Å². The van der Waals surface area contributed by atoms with E-state index in [1.54, 1.807) is 28.8 Å². The molecule has 1 amide bonds. The molecule has 5 rings (SSSR count). The van der Waals surface area contributed by atoms with E-state index >= 15 is 0 Å². The average molecular weight is 635 g/mol. The van der Waals surface area contributed by atoms with Crippen LogP contribution in [0.4, 0.5) is 15.7 Å². The molecule has 1 fully saturated rings. The second-order valence-electron chi connectivity index (χ2n) is 13.1. The molecular formula is C32H42N8O2S2. The number of rotatable bonds is 5. The molecule has 4 heterocycles. The molecular weight excluding hydrogens is 593 g/mol. The first kappa shape index (κ1) is 32.0. The lowest BCUT2D eigenvalue weighted by molar-refractivity contribution is 0.0251. The first-order chi connectivity index (χ1) is 20.9. The molecule has 2 aromatic heterocycles. The van der Waals surface area contributed by atoms with Crippen molar-refractivity contribution in [2.45, 2.75) is 77.4 Å². The van der Waals surface area contributed by atoms with Crippen LogP contribution >= 0.6 is 23.3 Å². The molecule has 2 aromatic rings. The molecule has 0 aromatic carbocycles. The van der Waals surface area contributed by atoms with Gasteiger partial charge >= 0.3 is 6.09 Å². The van der Waals surface area contributed by atoms with Crippen LogP contribution in [-0.4, -0.2) is 89.0 Å². The van der Waals surface area contributed by atoms with Crippen LogP contribution in [0.25, 0.3) is 0 Å². The van der Waals surface area contributed by atoms with Gasteiger partial charge in [0.1, 0.15) is 16.7 Å². The highest BCUT2D eigenvalue weighted by Crippen LogP contribution is 2.51. The fourth-order valence-electron chi connectivity index (χ4n) is 6.06. The lowest BCUT2D eigenvalue weighted by atomic mass is 9.68. The Morgan fingerprint density at radius 1 is 1.30 bits per heavy atom. The van der Waals surface area contributed by atoms with E-state index in [0.29, 0.717) is 24.6 Å². The Morgan fingerprint density at radius 3 is 2.82 bits per heavy atom. The van der Waals surface area contributed by atoms with Gasteiger partial charge in [-0.15, -0.1) is 11.3 Å². The van der Waals surface area contributed by atoms with Crippen LogP contribution in [0.2, 0.25) is 0 Å². The standard InChI is InChI=1S/C32H42N8O2S2/c1-21-18-39(30(41)42-31(2,3)4)14-9-15-40(21)29-34-13-11-24(36-29)25-16-22(19-43-37-25)32(5)12-8-10-26-27(32)23(17-33)28(44-26)35-20-38(6)7/h11,13,16,20-21H,8-10,12,14-15,18-19H2,1-7H3/b35-20+/t21-,32+/m0/s1. The van der Waals surface area contributed by atoms with E-state index < -0.39 is 5.60 Å². The topological polar surface area (TPSA) is 110 Å². The van der Waals surface area contributed by atoms with Gasteiger partial charge in [-0.05, 0) is 88.6 Å². The number of fused-ring (bicyclic) bond motifs is 1. The summed E-state index contributed by atoms with van der Waals surface area (Å²) >= 11 is 3.18. The van der Waals surface area contributed by atoms with Crippen molar-refractivity contribution in [3.8, 4) is 6.07 Å². The van der Waals surface area contributed by atoms with Crippen molar-refractivity contribution in [2.24, 2.45) is 9.39 Å². The SMILES string of the molecule is C[C@H]1CN(C(=O)OC(C)(C)C)CCCN1c1nccc(C2=NSCC([C@@]3(C)CCCc4sc(/N=C/N(C)C)c(C#N)c43)=C2)n1. The van der Waals surface area contributed by atoms with Crippen molar-refractivity contribution >= 4 is 52.4 Å². The molecule has 0 N–H and O–H groups in total.